The van der Waals surface area contributed by atoms with E-state index in [0.29, 0.717) is 0 Å². The van der Waals surface area contributed by atoms with Crippen LogP contribution in [0.3, 0.4) is 0 Å². The van der Waals surface area contributed by atoms with Crippen LogP contribution in [0.4, 0.5) is 0 Å². The van der Waals surface area contributed by atoms with Crippen LogP contribution in [-0.4, -0.2) is 12.1 Å². The first-order valence-electron chi connectivity index (χ1n) is 5.27. The van der Waals surface area contributed by atoms with Crippen molar-refractivity contribution in [3.63, 3.8) is 0 Å². The lowest BCUT2D eigenvalue weighted by molar-refractivity contribution is -0.150. The molecule has 1 atom stereocenters. The number of esters is 1. The Morgan fingerprint density at radius 1 is 1.53 bits per heavy atom. The van der Waals surface area contributed by atoms with Crippen LogP contribution in [-0.2, 0) is 9.53 Å². The van der Waals surface area contributed by atoms with Gasteiger partial charge < -0.3 is 10.5 Å². The maximum Gasteiger partial charge on any atom is 0.328 e. The number of hydrogen-bond acceptors (Lipinski definition) is 4. The van der Waals surface area contributed by atoms with E-state index in [1.807, 2.05) is 17.5 Å². The summed E-state index contributed by atoms with van der Waals surface area (Å²) in [6.45, 7) is 0. The molecule has 0 radical (unpaired) electrons. The molecule has 1 aliphatic rings. The molecule has 0 saturated heterocycles. The van der Waals surface area contributed by atoms with Crippen molar-refractivity contribution in [2.24, 2.45) is 5.73 Å². The maximum absolute atomic E-state index is 11.7. The van der Waals surface area contributed by atoms with E-state index in [9.17, 15) is 4.79 Å². The van der Waals surface area contributed by atoms with Crippen molar-refractivity contribution in [2.45, 2.75) is 37.8 Å². The fourth-order valence-corrected chi connectivity index (χ4v) is 2.54. The lowest BCUT2D eigenvalue weighted by atomic mass is 10.2. The average Bonchev–Trinajstić information content (AvgIpc) is 2.88. The van der Waals surface area contributed by atoms with Gasteiger partial charge in [0, 0.05) is 4.88 Å². The van der Waals surface area contributed by atoms with Gasteiger partial charge in [-0.05, 0) is 37.1 Å². The molecule has 0 bridgehead atoms. The molecule has 1 fully saturated rings. The van der Waals surface area contributed by atoms with Crippen LogP contribution in [0, 0.1) is 0 Å². The van der Waals surface area contributed by atoms with Gasteiger partial charge in [0.25, 0.3) is 0 Å². The number of carbonyl (C=O) groups is 1. The Kier molecular flexibility index (Phi) is 3.38. The minimum Gasteiger partial charge on any atom is -0.461 e. The van der Waals surface area contributed by atoms with Gasteiger partial charge in [-0.25, -0.2) is 4.79 Å². The number of nitrogens with two attached hydrogens (primary N) is 1. The molecule has 2 rings (SSSR count). The summed E-state index contributed by atoms with van der Waals surface area (Å²) in [6.07, 6.45) is 4.40. The first-order chi connectivity index (χ1) is 7.27. The Labute approximate surface area is 93.2 Å². The van der Waals surface area contributed by atoms with Crippen LogP contribution in [0.1, 0.15) is 36.6 Å². The van der Waals surface area contributed by atoms with Crippen molar-refractivity contribution < 1.29 is 9.53 Å². The van der Waals surface area contributed by atoms with E-state index in [1.165, 1.54) is 11.3 Å². The molecule has 1 aromatic rings. The average molecular weight is 225 g/mol. The van der Waals surface area contributed by atoms with Gasteiger partial charge in [-0.2, -0.15) is 0 Å². The quantitative estimate of drug-likeness (QED) is 0.803. The molecule has 15 heavy (non-hydrogen) atoms. The maximum atomic E-state index is 11.7. The summed E-state index contributed by atoms with van der Waals surface area (Å²) in [5.74, 6) is -0.288. The number of carbonyl (C=O) groups excluding carboxylic acids is 1. The second kappa shape index (κ2) is 4.77. The van der Waals surface area contributed by atoms with Crippen LogP contribution in [0.25, 0.3) is 0 Å². The molecule has 0 amide bonds. The first-order valence-corrected chi connectivity index (χ1v) is 6.15. The Morgan fingerprint density at radius 3 is 2.87 bits per heavy atom. The Morgan fingerprint density at radius 2 is 2.27 bits per heavy atom. The van der Waals surface area contributed by atoms with E-state index in [0.717, 1.165) is 30.6 Å². The third kappa shape index (κ3) is 2.58. The van der Waals surface area contributed by atoms with Crippen LogP contribution >= 0.6 is 11.3 Å². The molecule has 1 unspecified atom stereocenters. The van der Waals surface area contributed by atoms with Crippen LogP contribution < -0.4 is 5.73 Å². The van der Waals surface area contributed by atoms with Crippen molar-refractivity contribution >= 4 is 17.3 Å². The van der Waals surface area contributed by atoms with E-state index >= 15 is 0 Å². The topological polar surface area (TPSA) is 52.3 Å². The first kappa shape index (κ1) is 10.6. The summed E-state index contributed by atoms with van der Waals surface area (Å²) in [6, 6.07) is 3.15. The van der Waals surface area contributed by atoms with Crippen molar-refractivity contribution in [2.75, 3.05) is 0 Å². The summed E-state index contributed by atoms with van der Waals surface area (Å²) < 4.78 is 5.34. The molecule has 82 valence electrons. The van der Waals surface area contributed by atoms with Gasteiger partial charge in [0.05, 0.1) is 0 Å². The van der Waals surface area contributed by atoms with E-state index in [-0.39, 0.29) is 12.1 Å². The van der Waals surface area contributed by atoms with Gasteiger partial charge in [-0.1, -0.05) is 6.07 Å². The Bertz CT molecular complexity index is 317. The Balaban J connectivity index is 1.90. The fraction of sp³-hybridized carbons (Fsp3) is 0.545. The lowest BCUT2D eigenvalue weighted by Gasteiger charge is -2.14. The summed E-state index contributed by atoms with van der Waals surface area (Å²) in [7, 11) is 0. The van der Waals surface area contributed by atoms with Gasteiger partial charge in [0.1, 0.15) is 12.1 Å². The highest BCUT2D eigenvalue weighted by Crippen LogP contribution is 2.24. The zero-order chi connectivity index (χ0) is 10.7. The number of rotatable bonds is 3. The Hall–Kier alpha value is -0.870. The number of ether oxygens (including phenoxy) is 1. The molecule has 3 nitrogen and oxygen atoms in total. The minimum atomic E-state index is -0.606. The highest BCUT2D eigenvalue weighted by Gasteiger charge is 2.24. The molecule has 1 saturated carbocycles. The fourth-order valence-electron chi connectivity index (χ4n) is 1.83. The second-order valence-electron chi connectivity index (χ2n) is 3.84. The van der Waals surface area contributed by atoms with Crippen molar-refractivity contribution in [3.8, 4) is 0 Å². The normalized spacial score (nSPS) is 19.0. The van der Waals surface area contributed by atoms with E-state index in [1.54, 1.807) is 0 Å². The standard InChI is InChI=1S/C11H15NO2S/c12-10(9-6-3-7-15-9)11(13)14-8-4-1-2-5-8/h3,6-8,10H,1-2,4-5,12H2. The van der Waals surface area contributed by atoms with Crippen molar-refractivity contribution in [1.29, 1.82) is 0 Å². The van der Waals surface area contributed by atoms with Crippen molar-refractivity contribution in [1.82, 2.24) is 0 Å². The summed E-state index contributed by atoms with van der Waals surface area (Å²) in [4.78, 5) is 12.5. The highest BCUT2D eigenvalue weighted by atomic mass is 32.1. The molecule has 1 aromatic heterocycles. The van der Waals surface area contributed by atoms with Crippen LogP contribution in [0.5, 0.6) is 0 Å². The highest BCUT2D eigenvalue weighted by molar-refractivity contribution is 7.10. The van der Waals surface area contributed by atoms with Gasteiger partial charge in [0.15, 0.2) is 0 Å². The van der Waals surface area contributed by atoms with E-state index in [4.69, 9.17) is 10.5 Å². The SMILES string of the molecule is NC(C(=O)OC1CCCC1)c1cccs1. The van der Waals surface area contributed by atoms with Crippen LogP contribution in [0.2, 0.25) is 0 Å². The summed E-state index contributed by atoms with van der Waals surface area (Å²) in [5.41, 5.74) is 5.80. The van der Waals surface area contributed by atoms with Crippen LogP contribution in [0.15, 0.2) is 17.5 Å². The van der Waals surface area contributed by atoms with E-state index in [2.05, 4.69) is 0 Å². The predicted octanol–water partition coefficient (Wildman–Crippen LogP) is 2.23. The predicted molar refractivity (Wildman–Crippen MR) is 59.6 cm³/mol. The molecule has 2 N–H and O–H groups in total. The zero-order valence-electron chi connectivity index (χ0n) is 8.52. The minimum absolute atomic E-state index is 0.100. The smallest absolute Gasteiger partial charge is 0.328 e. The molecule has 0 aliphatic heterocycles. The zero-order valence-corrected chi connectivity index (χ0v) is 9.33. The third-order valence-electron chi connectivity index (χ3n) is 2.69. The molecule has 0 spiro atoms. The van der Waals surface area contributed by atoms with Gasteiger partial charge in [-0.15, -0.1) is 11.3 Å². The van der Waals surface area contributed by atoms with Gasteiger partial charge >= 0.3 is 5.97 Å². The van der Waals surface area contributed by atoms with Gasteiger partial charge in [0.2, 0.25) is 0 Å². The second-order valence-corrected chi connectivity index (χ2v) is 4.82. The number of thiophene rings is 1. The third-order valence-corrected chi connectivity index (χ3v) is 3.64. The summed E-state index contributed by atoms with van der Waals surface area (Å²) in [5, 5.41) is 1.91. The molecule has 4 heteroatoms. The number of hydrogen-bond donors (Lipinski definition) is 1. The van der Waals surface area contributed by atoms with Gasteiger partial charge in [-0.3, -0.25) is 0 Å². The van der Waals surface area contributed by atoms with Crippen molar-refractivity contribution in [3.05, 3.63) is 22.4 Å². The molecule has 1 aliphatic carbocycles. The summed E-state index contributed by atoms with van der Waals surface area (Å²) >= 11 is 1.49. The lowest BCUT2D eigenvalue weighted by Crippen LogP contribution is -2.26. The molecular weight excluding hydrogens is 210 g/mol. The monoisotopic (exact) mass is 225 g/mol. The largest absolute Gasteiger partial charge is 0.461 e. The van der Waals surface area contributed by atoms with E-state index < -0.39 is 6.04 Å². The molecular formula is C11H15NO2S. The molecule has 1 heterocycles. The molecule has 0 aromatic carbocycles.